The lowest BCUT2D eigenvalue weighted by Crippen LogP contribution is -2.37. The van der Waals surface area contributed by atoms with Crippen molar-refractivity contribution in [2.75, 3.05) is 18.5 Å². The molecule has 22 heavy (non-hydrogen) atoms. The molecule has 0 aliphatic heterocycles. The van der Waals surface area contributed by atoms with Crippen molar-refractivity contribution in [1.82, 2.24) is 5.32 Å². The van der Waals surface area contributed by atoms with E-state index in [4.69, 9.17) is 5.11 Å². The Kier molecular flexibility index (Phi) is 5.49. The van der Waals surface area contributed by atoms with Crippen molar-refractivity contribution in [3.05, 3.63) is 42.5 Å². The minimum absolute atomic E-state index is 0.0698. The third kappa shape index (κ3) is 4.30. The quantitative estimate of drug-likeness (QED) is 0.738. The number of hydrogen-bond acceptors (Lipinski definition) is 3. The Hall–Kier alpha value is -2.40. The van der Waals surface area contributed by atoms with Gasteiger partial charge in [-0.2, -0.15) is 0 Å². The van der Waals surface area contributed by atoms with Crippen molar-refractivity contribution >= 4 is 28.3 Å². The van der Waals surface area contributed by atoms with E-state index < -0.39 is 11.8 Å². The average molecular weight is 300 g/mol. The molecule has 2 amide bonds. The second kappa shape index (κ2) is 7.56. The maximum absolute atomic E-state index is 11.8. The number of amides is 2. The summed E-state index contributed by atoms with van der Waals surface area (Å²) in [6.45, 7) is 2.34. The predicted octanol–water partition coefficient (Wildman–Crippen LogP) is 1.91. The van der Waals surface area contributed by atoms with Crippen LogP contribution in [0.1, 0.15) is 13.3 Å². The van der Waals surface area contributed by atoms with E-state index >= 15 is 0 Å². The molecule has 0 spiro atoms. The summed E-state index contributed by atoms with van der Waals surface area (Å²) in [6.07, 6.45) is 0.590. The standard InChI is InChI=1S/C17H20N2O3/c1-12(8-9-20)11-18-16(21)17(22)19-15-7-6-13-4-2-3-5-14(13)10-15/h2-7,10,12,20H,8-9,11H2,1H3,(H,18,21)(H,19,22). The van der Waals surface area contributed by atoms with E-state index in [-0.39, 0.29) is 12.5 Å². The van der Waals surface area contributed by atoms with E-state index in [2.05, 4.69) is 10.6 Å². The second-order valence-electron chi connectivity index (χ2n) is 5.34. The first-order chi connectivity index (χ1) is 10.6. The smallest absolute Gasteiger partial charge is 0.313 e. The summed E-state index contributed by atoms with van der Waals surface area (Å²) >= 11 is 0. The van der Waals surface area contributed by atoms with Crippen LogP contribution in [0.25, 0.3) is 10.8 Å². The molecule has 0 saturated carbocycles. The number of benzene rings is 2. The molecular weight excluding hydrogens is 280 g/mol. The number of hydrogen-bond donors (Lipinski definition) is 3. The number of aliphatic hydroxyl groups excluding tert-OH is 1. The van der Waals surface area contributed by atoms with E-state index in [0.717, 1.165) is 10.8 Å². The molecule has 2 aromatic carbocycles. The fourth-order valence-electron chi connectivity index (χ4n) is 2.12. The van der Waals surface area contributed by atoms with Gasteiger partial charge in [-0.05, 0) is 35.2 Å². The molecule has 0 aliphatic rings. The topological polar surface area (TPSA) is 78.4 Å². The summed E-state index contributed by atoms with van der Waals surface area (Å²) in [7, 11) is 0. The van der Waals surface area contributed by atoms with Crippen LogP contribution in [-0.2, 0) is 9.59 Å². The number of carbonyl (C=O) groups excluding carboxylic acids is 2. The fourth-order valence-corrected chi connectivity index (χ4v) is 2.12. The van der Waals surface area contributed by atoms with Gasteiger partial charge in [0.05, 0.1) is 0 Å². The van der Waals surface area contributed by atoms with Gasteiger partial charge in [0.15, 0.2) is 0 Å². The predicted molar refractivity (Wildman–Crippen MR) is 86.5 cm³/mol. The van der Waals surface area contributed by atoms with Gasteiger partial charge in [0.2, 0.25) is 0 Å². The van der Waals surface area contributed by atoms with Gasteiger partial charge in [0.25, 0.3) is 0 Å². The Bertz CT molecular complexity index is 670. The van der Waals surface area contributed by atoms with Crippen LogP contribution < -0.4 is 10.6 Å². The number of anilines is 1. The molecule has 0 heterocycles. The molecular formula is C17H20N2O3. The van der Waals surface area contributed by atoms with Crippen LogP contribution in [0, 0.1) is 5.92 Å². The Morgan fingerprint density at radius 2 is 1.82 bits per heavy atom. The van der Waals surface area contributed by atoms with Crippen LogP contribution in [0.15, 0.2) is 42.5 Å². The number of rotatable bonds is 5. The zero-order chi connectivity index (χ0) is 15.9. The summed E-state index contributed by atoms with van der Waals surface area (Å²) in [5.74, 6) is -1.23. The Morgan fingerprint density at radius 3 is 2.55 bits per heavy atom. The third-order valence-electron chi connectivity index (χ3n) is 3.45. The molecule has 2 rings (SSSR count). The zero-order valence-electron chi connectivity index (χ0n) is 12.5. The Morgan fingerprint density at radius 1 is 1.09 bits per heavy atom. The minimum atomic E-state index is -0.688. The zero-order valence-corrected chi connectivity index (χ0v) is 12.5. The van der Waals surface area contributed by atoms with Gasteiger partial charge in [-0.1, -0.05) is 37.3 Å². The highest BCUT2D eigenvalue weighted by Crippen LogP contribution is 2.18. The molecule has 3 N–H and O–H groups in total. The van der Waals surface area contributed by atoms with Gasteiger partial charge in [-0.25, -0.2) is 0 Å². The molecule has 1 unspecified atom stereocenters. The number of fused-ring (bicyclic) bond motifs is 1. The van der Waals surface area contributed by atoms with Crippen LogP contribution in [0.4, 0.5) is 5.69 Å². The minimum Gasteiger partial charge on any atom is -0.396 e. The number of nitrogens with one attached hydrogen (secondary N) is 2. The second-order valence-corrected chi connectivity index (χ2v) is 5.34. The monoisotopic (exact) mass is 300 g/mol. The van der Waals surface area contributed by atoms with Crippen molar-refractivity contribution in [1.29, 1.82) is 0 Å². The SMILES string of the molecule is CC(CCO)CNC(=O)C(=O)Nc1ccc2ccccc2c1. The first-order valence-electron chi connectivity index (χ1n) is 7.29. The van der Waals surface area contributed by atoms with Crippen LogP contribution >= 0.6 is 0 Å². The fraction of sp³-hybridized carbons (Fsp3) is 0.294. The van der Waals surface area contributed by atoms with Gasteiger partial charge >= 0.3 is 11.8 Å². The first kappa shape index (κ1) is 16.0. The lowest BCUT2D eigenvalue weighted by atomic mass is 10.1. The summed E-state index contributed by atoms with van der Waals surface area (Å²) < 4.78 is 0. The molecule has 5 nitrogen and oxygen atoms in total. The maximum Gasteiger partial charge on any atom is 0.313 e. The number of carbonyl (C=O) groups is 2. The Labute approximate surface area is 129 Å². The van der Waals surface area contributed by atoms with E-state index in [0.29, 0.717) is 18.7 Å². The molecule has 2 aromatic rings. The molecule has 0 saturated heterocycles. The summed E-state index contributed by atoms with van der Waals surface area (Å²) in [5.41, 5.74) is 0.585. The van der Waals surface area contributed by atoms with Gasteiger partial charge in [-0.3, -0.25) is 9.59 Å². The highest BCUT2D eigenvalue weighted by molar-refractivity contribution is 6.39. The molecule has 0 fully saturated rings. The van der Waals surface area contributed by atoms with Gasteiger partial charge in [0, 0.05) is 18.8 Å². The van der Waals surface area contributed by atoms with Crippen LogP contribution in [0.3, 0.4) is 0 Å². The van der Waals surface area contributed by atoms with Gasteiger partial charge in [0.1, 0.15) is 0 Å². The van der Waals surface area contributed by atoms with Gasteiger partial charge < -0.3 is 15.7 Å². The summed E-state index contributed by atoms with van der Waals surface area (Å²) in [5, 5.41) is 16.0. The lowest BCUT2D eigenvalue weighted by Gasteiger charge is -2.11. The molecule has 0 bridgehead atoms. The van der Waals surface area contributed by atoms with E-state index in [1.807, 2.05) is 43.3 Å². The molecule has 0 radical (unpaired) electrons. The lowest BCUT2D eigenvalue weighted by molar-refractivity contribution is -0.136. The van der Waals surface area contributed by atoms with Crippen molar-refractivity contribution in [2.24, 2.45) is 5.92 Å². The first-order valence-corrected chi connectivity index (χ1v) is 7.29. The highest BCUT2D eigenvalue weighted by atomic mass is 16.3. The van der Waals surface area contributed by atoms with Crippen molar-refractivity contribution < 1.29 is 14.7 Å². The van der Waals surface area contributed by atoms with Crippen molar-refractivity contribution in [3.8, 4) is 0 Å². The van der Waals surface area contributed by atoms with E-state index in [9.17, 15) is 9.59 Å². The normalized spacial score (nSPS) is 11.9. The van der Waals surface area contributed by atoms with E-state index in [1.165, 1.54) is 0 Å². The van der Waals surface area contributed by atoms with Crippen molar-refractivity contribution in [2.45, 2.75) is 13.3 Å². The van der Waals surface area contributed by atoms with Crippen LogP contribution in [-0.4, -0.2) is 30.1 Å². The van der Waals surface area contributed by atoms with Crippen molar-refractivity contribution in [3.63, 3.8) is 0 Å². The largest absolute Gasteiger partial charge is 0.396 e. The van der Waals surface area contributed by atoms with E-state index in [1.54, 1.807) is 6.07 Å². The Balaban J connectivity index is 1.93. The number of aliphatic hydroxyl groups is 1. The molecule has 0 aromatic heterocycles. The third-order valence-corrected chi connectivity index (χ3v) is 3.45. The summed E-state index contributed by atoms with van der Waals surface area (Å²) in [4.78, 5) is 23.6. The maximum atomic E-state index is 11.8. The molecule has 5 heteroatoms. The van der Waals surface area contributed by atoms with Crippen LogP contribution in [0.2, 0.25) is 0 Å². The molecule has 0 aliphatic carbocycles. The molecule has 1 atom stereocenters. The highest BCUT2D eigenvalue weighted by Gasteiger charge is 2.14. The summed E-state index contributed by atoms with van der Waals surface area (Å²) in [6, 6.07) is 13.3. The van der Waals surface area contributed by atoms with Crippen LogP contribution in [0.5, 0.6) is 0 Å². The van der Waals surface area contributed by atoms with Gasteiger partial charge in [-0.15, -0.1) is 0 Å². The average Bonchev–Trinajstić information content (AvgIpc) is 2.52. The molecule has 116 valence electrons.